The van der Waals surface area contributed by atoms with Crippen LogP contribution in [0.4, 0.5) is 9.59 Å². The van der Waals surface area contributed by atoms with E-state index in [1.807, 2.05) is 83.1 Å². The van der Waals surface area contributed by atoms with Gasteiger partial charge in [-0.1, -0.05) is 27.7 Å². The van der Waals surface area contributed by atoms with E-state index in [0.29, 0.717) is 36.1 Å². The lowest BCUT2D eigenvalue weighted by atomic mass is 9.78. The number of piperidine rings is 4. The molecular formula is C76H140N8O15. The highest BCUT2D eigenvalue weighted by molar-refractivity contribution is 5.76. The lowest BCUT2D eigenvalue weighted by Crippen LogP contribution is -2.59. The Morgan fingerprint density at radius 3 is 1.30 bits per heavy atom. The fourth-order valence-corrected chi connectivity index (χ4v) is 15.9. The molecule has 1 unspecified atom stereocenters. The quantitative estimate of drug-likeness (QED) is 0.0667. The first-order valence-electron chi connectivity index (χ1n) is 38.8. The van der Waals surface area contributed by atoms with Crippen LogP contribution in [0.1, 0.15) is 265 Å². The van der Waals surface area contributed by atoms with E-state index in [1.165, 1.54) is 35.8 Å². The van der Waals surface area contributed by atoms with Gasteiger partial charge in [-0.25, -0.2) is 9.59 Å². The summed E-state index contributed by atoms with van der Waals surface area (Å²) < 4.78 is 22.2. The van der Waals surface area contributed by atoms with Crippen LogP contribution in [0.15, 0.2) is 0 Å². The topological polar surface area (TPSA) is 280 Å². The highest BCUT2D eigenvalue weighted by Gasteiger charge is 2.51. The summed E-state index contributed by atoms with van der Waals surface area (Å²) in [5.41, 5.74) is 6.17. The third-order valence-corrected chi connectivity index (χ3v) is 22.9. The molecule has 2 amide bonds. The van der Waals surface area contributed by atoms with E-state index in [1.54, 1.807) is 0 Å². The van der Waals surface area contributed by atoms with Gasteiger partial charge in [0.2, 0.25) is 0 Å². The first-order valence-corrected chi connectivity index (χ1v) is 38.8. The van der Waals surface area contributed by atoms with Crippen molar-refractivity contribution in [1.82, 2.24) is 35.6 Å². The number of hydrogen-bond acceptors (Lipinski definition) is 21. The van der Waals surface area contributed by atoms with Crippen LogP contribution in [0.2, 0.25) is 0 Å². The number of nitrogens with two attached hydrogens (primary N) is 1. The van der Waals surface area contributed by atoms with E-state index in [-0.39, 0.29) is 89.4 Å². The SMILES string of the molecule is CC(C)(C)OC(=O)N1OC2(CCO)CCC1CC2.C[C@H]1CN(CCC2(O)CCC(N)CC2)CC[C@@H]1O.C[C@H]1CN(CCC23CCC(CC2)N(C(=O)OC(C)(C)C)O3)CC[C@@H]1OC(=O)C(C)(C)C.C[C@H]1CN(CCC23CCC(CC2)NO3)CC[C@@H]1O.C[C@H]1CNCCC1OC(=O)C(C)(C)C. The summed E-state index contributed by atoms with van der Waals surface area (Å²) in [5.74, 6) is 1.29. The number of carbonyl (C=O) groups is 4. The predicted molar refractivity (Wildman–Crippen MR) is 382 cm³/mol. The fourth-order valence-electron chi connectivity index (χ4n) is 15.9. The molecule has 23 heteroatoms. The maximum absolute atomic E-state index is 12.6. The van der Waals surface area contributed by atoms with Gasteiger partial charge in [0.05, 0.1) is 57.5 Å². The van der Waals surface area contributed by atoms with Gasteiger partial charge in [-0.15, -0.1) is 0 Å². The zero-order valence-corrected chi connectivity index (χ0v) is 64.5. The minimum Gasteiger partial charge on any atom is -0.462 e. The van der Waals surface area contributed by atoms with Crippen molar-refractivity contribution < 1.29 is 73.1 Å². The molecule has 10 heterocycles. The fraction of sp³-hybridized carbons (Fsp3) is 0.947. The monoisotopic (exact) mass is 1410 g/mol. The van der Waals surface area contributed by atoms with Crippen LogP contribution in [0.3, 0.4) is 0 Å². The number of ether oxygens (including phenoxy) is 4. The van der Waals surface area contributed by atoms with Gasteiger partial charge in [0.25, 0.3) is 0 Å². The summed E-state index contributed by atoms with van der Waals surface area (Å²) in [7, 11) is 0. The highest BCUT2D eigenvalue weighted by atomic mass is 16.8. The molecule has 14 rings (SSSR count). The van der Waals surface area contributed by atoms with E-state index < -0.39 is 28.3 Å². The molecule has 4 aliphatic carbocycles. The molecule has 14 aliphatic rings. The third kappa shape index (κ3) is 25.6. The molecule has 4 saturated carbocycles. The van der Waals surface area contributed by atoms with E-state index in [4.69, 9.17) is 44.3 Å². The molecule has 0 aromatic heterocycles. The second kappa shape index (κ2) is 35.8. The number of amides is 2. The van der Waals surface area contributed by atoms with Crippen LogP contribution in [0, 0.1) is 34.5 Å². The number of esters is 2. The summed E-state index contributed by atoms with van der Waals surface area (Å²) in [6, 6.07) is 1.15. The number of aliphatic hydroxyl groups is 4. The molecular weight excluding hydrogens is 1260 g/mol. The zero-order chi connectivity index (χ0) is 72.9. The van der Waals surface area contributed by atoms with Gasteiger partial charge in [0.1, 0.15) is 23.4 Å². The van der Waals surface area contributed by atoms with Crippen molar-refractivity contribution in [3.63, 3.8) is 0 Å². The van der Waals surface area contributed by atoms with E-state index in [2.05, 4.69) is 53.2 Å². The average molecular weight is 1410 g/mol. The number of rotatable bonds is 13. The molecule has 99 heavy (non-hydrogen) atoms. The van der Waals surface area contributed by atoms with Crippen molar-refractivity contribution in [2.24, 2.45) is 40.2 Å². The van der Waals surface area contributed by atoms with Crippen LogP contribution in [0.5, 0.6) is 0 Å². The number of aliphatic hydroxyl groups excluding tert-OH is 3. The number of nitrogens with zero attached hydrogens (tertiary/aromatic N) is 5. The van der Waals surface area contributed by atoms with Crippen LogP contribution in [-0.2, 0) is 43.0 Å². The number of likely N-dealkylation sites (tertiary alicyclic amines) is 3. The van der Waals surface area contributed by atoms with Crippen molar-refractivity contribution in [1.29, 1.82) is 0 Å². The Kier molecular flexibility index (Phi) is 30.1. The van der Waals surface area contributed by atoms with Crippen LogP contribution in [-0.4, -0.2) is 230 Å². The van der Waals surface area contributed by atoms with Gasteiger partial charge in [0, 0.05) is 102 Å². The Morgan fingerprint density at radius 2 is 0.909 bits per heavy atom. The Labute approximate surface area is 596 Å². The highest BCUT2D eigenvalue weighted by Crippen LogP contribution is 2.46. The van der Waals surface area contributed by atoms with Gasteiger partial charge < -0.3 is 65.1 Å². The van der Waals surface area contributed by atoms with Crippen LogP contribution >= 0.6 is 0 Å². The van der Waals surface area contributed by atoms with Crippen LogP contribution < -0.4 is 16.5 Å². The average Bonchev–Trinajstić information content (AvgIpc) is 0.788. The van der Waals surface area contributed by atoms with Gasteiger partial charge >= 0.3 is 24.1 Å². The normalized spacial score (nSPS) is 35.9. The maximum atomic E-state index is 12.6. The number of hydrogen-bond donors (Lipinski definition) is 7. The van der Waals surface area contributed by atoms with Crippen molar-refractivity contribution in [2.75, 3.05) is 78.6 Å². The molecule has 0 aromatic rings. The Morgan fingerprint density at radius 1 is 0.505 bits per heavy atom. The lowest BCUT2D eigenvalue weighted by molar-refractivity contribution is -0.306. The van der Waals surface area contributed by atoms with Crippen molar-refractivity contribution in [3.05, 3.63) is 0 Å². The number of carbonyl (C=O) groups excluding carboxylic acids is 4. The Balaban J connectivity index is 0.000000179. The van der Waals surface area contributed by atoms with Crippen molar-refractivity contribution in [2.45, 2.75) is 347 Å². The molecule has 8 N–H and O–H groups in total. The van der Waals surface area contributed by atoms with Gasteiger partial charge in [0.15, 0.2) is 0 Å². The summed E-state index contributed by atoms with van der Waals surface area (Å²) in [6.07, 6.45) is 22.3. The molecule has 8 atom stereocenters. The van der Waals surface area contributed by atoms with E-state index in [9.17, 15) is 34.5 Å². The maximum Gasteiger partial charge on any atom is 0.434 e. The van der Waals surface area contributed by atoms with Gasteiger partial charge in [-0.3, -0.25) is 24.1 Å². The number of hydroxylamine groups is 5. The molecule has 0 spiro atoms. The standard InChI is InChI=1S/C24H42N2O5.C14H26N2O2.C14H28N2O2.C13H23NO4.C11H21NO2/c1-17-16-25(14-10-19(17)29-20(27)22(2,3)4)15-13-24-11-8-18(9-12-24)26(31-24)21(28)30-23(5,6)7;1-11-10-16(8-4-13(11)17)9-7-14-5-2-12(3-6-14)15-18-14;1-11-10-16(8-4-13(11)17)9-7-14(18)5-2-12(15)3-6-14;1-12(2,3)17-11(16)14-10-4-6-13(18-14,7-5-10)8-9-15;1-8-7-12-6-5-9(8)14-10(13)11(2,3)4/h17-19H,8-16H2,1-7H3;11-13,15,17H,2-10H2,1H3;11-13,17-18H,2-10,15H2,1H3;10,15H,4-9H2,1-3H3;8-9,12H,5-7H2,1-4H3/t17-,18?,19-,24?;2*11-,12?,13-,14?;;8-,9?/m000.0/s1. The van der Waals surface area contributed by atoms with Crippen molar-refractivity contribution in [3.8, 4) is 0 Å². The van der Waals surface area contributed by atoms with Gasteiger partial charge in [-0.05, 0) is 249 Å². The molecule has 0 radical (unpaired) electrons. The van der Waals surface area contributed by atoms with E-state index >= 15 is 0 Å². The molecule has 6 bridgehead atoms. The number of fused-ring (bicyclic) bond motifs is 9. The predicted octanol–water partition coefficient (Wildman–Crippen LogP) is 10.4. The molecule has 23 nitrogen and oxygen atoms in total. The molecule has 10 saturated heterocycles. The third-order valence-electron chi connectivity index (χ3n) is 22.9. The second-order valence-electron chi connectivity index (χ2n) is 36.3. The second-order valence-corrected chi connectivity index (χ2v) is 36.3. The minimum absolute atomic E-state index is 0.00910. The smallest absolute Gasteiger partial charge is 0.434 e. The minimum atomic E-state index is -0.527. The molecule has 574 valence electrons. The summed E-state index contributed by atoms with van der Waals surface area (Å²) in [5, 5.41) is 45.3. The Hall–Kier alpha value is -3.04. The molecule has 0 aromatic carbocycles. The largest absolute Gasteiger partial charge is 0.462 e. The molecule has 10 aliphatic heterocycles. The van der Waals surface area contributed by atoms with Gasteiger partial charge in [-0.2, -0.15) is 15.6 Å². The summed E-state index contributed by atoms with van der Waals surface area (Å²) >= 11 is 0. The first kappa shape index (κ1) is 83.2. The summed E-state index contributed by atoms with van der Waals surface area (Å²) in [6.45, 7) is 41.9. The zero-order valence-electron chi connectivity index (χ0n) is 64.5. The van der Waals surface area contributed by atoms with E-state index in [0.717, 1.165) is 194 Å². The first-order chi connectivity index (χ1) is 46.2. The Bertz CT molecular complexity index is 2470. The number of nitrogens with one attached hydrogen (secondary N) is 2. The molecule has 14 fully saturated rings. The lowest BCUT2D eigenvalue weighted by Gasteiger charge is -2.52. The van der Waals surface area contributed by atoms with Crippen LogP contribution in [0.25, 0.3) is 0 Å². The van der Waals surface area contributed by atoms with Crippen molar-refractivity contribution >= 4 is 24.1 Å². The summed E-state index contributed by atoms with van der Waals surface area (Å²) in [4.78, 5) is 73.9.